The van der Waals surface area contributed by atoms with E-state index in [1.54, 1.807) is 6.92 Å². The van der Waals surface area contributed by atoms with Gasteiger partial charge in [-0.3, -0.25) is 4.79 Å². The van der Waals surface area contributed by atoms with Crippen molar-refractivity contribution in [3.05, 3.63) is 0 Å². The molecule has 0 aromatic rings. The van der Waals surface area contributed by atoms with Crippen molar-refractivity contribution in [2.75, 3.05) is 6.54 Å². The zero-order chi connectivity index (χ0) is 12.1. The highest BCUT2D eigenvalue weighted by Gasteiger charge is 2.27. The lowest BCUT2D eigenvalue weighted by molar-refractivity contribution is -0.142. The number of piperidine rings is 1. The lowest BCUT2D eigenvalue weighted by Gasteiger charge is -2.28. The summed E-state index contributed by atoms with van der Waals surface area (Å²) in [7, 11) is 0. The molecule has 5 nitrogen and oxygen atoms in total. The molecule has 2 unspecified atom stereocenters. The lowest BCUT2D eigenvalue weighted by atomic mass is 9.92. The van der Waals surface area contributed by atoms with E-state index in [1.165, 1.54) is 0 Å². The molecule has 1 amide bonds. The maximum Gasteiger partial charge on any atom is 0.326 e. The standard InChI is InChI=1S/C11H20N2O3/c1-3-9(11(15)16)13-10(14)8-4-5-12-7(2)6-8/h7-9,12H,3-6H2,1-2H3,(H,13,14)(H,15,16)/t7?,8?,9-/m1/s1. The van der Waals surface area contributed by atoms with E-state index < -0.39 is 12.0 Å². The Hall–Kier alpha value is -1.10. The summed E-state index contributed by atoms with van der Waals surface area (Å²) in [5, 5.41) is 14.7. The SMILES string of the molecule is CC[C@@H](NC(=O)C1CCNC(C)C1)C(=O)O. The molecule has 0 aromatic carbocycles. The van der Waals surface area contributed by atoms with Gasteiger partial charge in [0.2, 0.25) is 5.91 Å². The molecule has 1 aliphatic rings. The molecule has 0 aromatic heterocycles. The van der Waals surface area contributed by atoms with Crippen LogP contribution in [-0.4, -0.2) is 35.6 Å². The second-order valence-corrected chi connectivity index (χ2v) is 4.38. The molecular weight excluding hydrogens is 208 g/mol. The average Bonchev–Trinajstić information content (AvgIpc) is 2.25. The van der Waals surface area contributed by atoms with Gasteiger partial charge in [0.1, 0.15) is 6.04 Å². The second-order valence-electron chi connectivity index (χ2n) is 4.38. The van der Waals surface area contributed by atoms with Crippen LogP contribution in [0.3, 0.4) is 0 Å². The van der Waals surface area contributed by atoms with E-state index in [-0.39, 0.29) is 11.8 Å². The van der Waals surface area contributed by atoms with Gasteiger partial charge >= 0.3 is 5.97 Å². The maximum atomic E-state index is 11.8. The molecule has 1 aliphatic heterocycles. The number of carboxylic acids is 1. The molecule has 16 heavy (non-hydrogen) atoms. The van der Waals surface area contributed by atoms with Crippen LogP contribution < -0.4 is 10.6 Å². The quantitative estimate of drug-likeness (QED) is 0.649. The first-order chi connectivity index (χ1) is 7.54. The van der Waals surface area contributed by atoms with Crippen molar-refractivity contribution < 1.29 is 14.7 Å². The molecule has 0 bridgehead atoms. The highest BCUT2D eigenvalue weighted by atomic mass is 16.4. The van der Waals surface area contributed by atoms with Gasteiger partial charge < -0.3 is 15.7 Å². The van der Waals surface area contributed by atoms with E-state index in [1.807, 2.05) is 6.92 Å². The van der Waals surface area contributed by atoms with E-state index in [4.69, 9.17) is 5.11 Å². The number of carbonyl (C=O) groups excluding carboxylic acids is 1. The summed E-state index contributed by atoms with van der Waals surface area (Å²) in [5.41, 5.74) is 0. The molecule has 92 valence electrons. The van der Waals surface area contributed by atoms with Gasteiger partial charge in [-0.25, -0.2) is 4.79 Å². The Balaban J connectivity index is 2.47. The Morgan fingerprint density at radius 3 is 2.75 bits per heavy atom. The van der Waals surface area contributed by atoms with Gasteiger partial charge in [-0.2, -0.15) is 0 Å². The minimum atomic E-state index is -0.960. The zero-order valence-electron chi connectivity index (χ0n) is 9.82. The first-order valence-corrected chi connectivity index (χ1v) is 5.81. The number of amides is 1. The van der Waals surface area contributed by atoms with Crippen molar-refractivity contribution in [3.63, 3.8) is 0 Å². The van der Waals surface area contributed by atoms with Crippen LogP contribution in [0.5, 0.6) is 0 Å². The third kappa shape index (κ3) is 3.48. The van der Waals surface area contributed by atoms with Gasteiger partial charge in [0.05, 0.1) is 0 Å². The highest BCUT2D eigenvalue weighted by Crippen LogP contribution is 2.16. The van der Waals surface area contributed by atoms with Crippen molar-refractivity contribution in [2.24, 2.45) is 5.92 Å². The van der Waals surface area contributed by atoms with Crippen molar-refractivity contribution >= 4 is 11.9 Å². The topological polar surface area (TPSA) is 78.4 Å². The van der Waals surface area contributed by atoms with E-state index >= 15 is 0 Å². The van der Waals surface area contributed by atoms with Crippen molar-refractivity contribution in [2.45, 2.75) is 45.2 Å². The highest BCUT2D eigenvalue weighted by molar-refractivity contribution is 5.85. The summed E-state index contributed by atoms with van der Waals surface area (Å²) >= 11 is 0. The monoisotopic (exact) mass is 228 g/mol. The summed E-state index contributed by atoms with van der Waals surface area (Å²) < 4.78 is 0. The van der Waals surface area contributed by atoms with E-state index in [9.17, 15) is 9.59 Å². The smallest absolute Gasteiger partial charge is 0.326 e. The van der Waals surface area contributed by atoms with Crippen LogP contribution in [0, 0.1) is 5.92 Å². The number of nitrogens with one attached hydrogen (secondary N) is 2. The van der Waals surface area contributed by atoms with Gasteiger partial charge in [-0.15, -0.1) is 0 Å². The Kier molecular flexibility index (Phi) is 4.73. The van der Waals surface area contributed by atoms with Crippen LogP contribution in [0.25, 0.3) is 0 Å². The van der Waals surface area contributed by atoms with Crippen molar-refractivity contribution in [1.29, 1.82) is 0 Å². The first kappa shape index (κ1) is 13.0. The van der Waals surface area contributed by atoms with Crippen molar-refractivity contribution in [3.8, 4) is 0 Å². The van der Waals surface area contributed by atoms with Gasteiger partial charge in [0.25, 0.3) is 0 Å². The molecule has 1 saturated heterocycles. The first-order valence-electron chi connectivity index (χ1n) is 5.81. The number of carboxylic acid groups (broad SMARTS) is 1. The van der Waals surface area contributed by atoms with E-state index in [0.29, 0.717) is 12.5 Å². The van der Waals surface area contributed by atoms with Crippen LogP contribution in [-0.2, 0) is 9.59 Å². The fourth-order valence-electron chi connectivity index (χ4n) is 2.00. The van der Waals surface area contributed by atoms with Crippen LogP contribution in [0.4, 0.5) is 0 Å². The Morgan fingerprint density at radius 1 is 1.56 bits per heavy atom. The summed E-state index contributed by atoms with van der Waals surface area (Å²) in [4.78, 5) is 22.6. The van der Waals surface area contributed by atoms with Crippen LogP contribution in [0.1, 0.15) is 33.1 Å². The lowest BCUT2D eigenvalue weighted by Crippen LogP contribution is -2.47. The number of carbonyl (C=O) groups is 2. The molecule has 1 rings (SSSR count). The molecule has 3 atom stereocenters. The predicted octanol–water partition coefficient (Wildman–Crippen LogP) is 0.354. The maximum absolute atomic E-state index is 11.8. The Bertz CT molecular complexity index is 268. The molecule has 0 spiro atoms. The van der Waals surface area contributed by atoms with Crippen LogP contribution in [0.2, 0.25) is 0 Å². The zero-order valence-corrected chi connectivity index (χ0v) is 9.82. The minimum absolute atomic E-state index is 0.0513. The number of aliphatic carboxylic acids is 1. The predicted molar refractivity (Wildman–Crippen MR) is 60.0 cm³/mol. The fourth-order valence-corrected chi connectivity index (χ4v) is 2.00. The van der Waals surface area contributed by atoms with Gasteiger partial charge in [0, 0.05) is 12.0 Å². The molecule has 0 radical (unpaired) electrons. The van der Waals surface area contributed by atoms with Crippen molar-refractivity contribution in [1.82, 2.24) is 10.6 Å². The third-order valence-corrected chi connectivity index (χ3v) is 3.02. The van der Waals surface area contributed by atoms with E-state index in [2.05, 4.69) is 10.6 Å². The average molecular weight is 228 g/mol. The van der Waals surface area contributed by atoms with Crippen LogP contribution >= 0.6 is 0 Å². The molecular formula is C11H20N2O3. The minimum Gasteiger partial charge on any atom is -0.480 e. The summed E-state index contributed by atoms with van der Waals surface area (Å²) in [6, 6.07) is -0.424. The fraction of sp³-hybridized carbons (Fsp3) is 0.818. The van der Waals surface area contributed by atoms with Gasteiger partial charge in [0.15, 0.2) is 0 Å². The largest absolute Gasteiger partial charge is 0.480 e. The number of hydrogen-bond acceptors (Lipinski definition) is 3. The van der Waals surface area contributed by atoms with Crippen LogP contribution in [0.15, 0.2) is 0 Å². The Morgan fingerprint density at radius 2 is 2.25 bits per heavy atom. The Labute approximate surface area is 95.6 Å². The molecule has 0 saturated carbocycles. The molecule has 3 N–H and O–H groups in total. The van der Waals surface area contributed by atoms with E-state index in [0.717, 1.165) is 19.4 Å². The molecule has 1 fully saturated rings. The normalized spacial score (nSPS) is 27.1. The molecule has 5 heteroatoms. The summed E-state index contributed by atoms with van der Waals surface area (Å²) in [6.07, 6.45) is 1.98. The van der Waals surface area contributed by atoms with Gasteiger partial charge in [-0.05, 0) is 32.7 Å². The van der Waals surface area contributed by atoms with Gasteiger partial charge in [-0.1, -0.05) is 6.92 Å². The molecule has 0 aliphatic carbocycles. The molecule has 1 heterocycles. The summed E-state index contributed by atoms with van der Waals surface area (Å²) in [6.45, 7) is 4.61. The number of hydrogen-bond donors (Lipinski definition) is 3. The third-order valence-electron chi connectivity index (χ3n) is 3.02. The summed E-state index contributed by atoms with van der Waals surface area (Å²) in [5.74, 6) is -1.13. The second kappa shape index (κ2) is 5.84. The number of rotatable bonds is 4.